The monoisotopic (exact) mass is 433 g/mol. The minimum absolute atomic E-state index is 0.126. The number of anilines is 1. The third kappa shape index (κ3) is 3.62. The van der Waals surface area contributed by atoms with E-state index in [9.17, 15) is 19.8 Å². The van der Waals surface area contributed by atoms with Gasteiger partial charge in [0.15, 0.2) is 0 Å². The van der Waals surface area contributed by atoms with Gasteiger partial charge in [0.1, 0.15) is 34.8 Å². The van der Waals surface area contributed by atoms with Crippen LogP contribution in [0.4, 0.5) is 5.69 Å². The second-order valence-corrected chi connectivity index (χ2v) is 7.57. The lowest BCUT2D eigenvalue weighted by Gasteiger charge is -2.24. The van der Waals surface area contributed by atoms with Crippen LogP contribution in [-0.4, -0.2) is 28.5 Å². The summed E-state index contributed by atoms with van der Waals surface area (Å²) in [5.41, 5.74) is 1.15. The van der Waals surface area contributed by atoms with Crippen molar-refractivity contribution < 1.29 is 29.0 Å². The number of ether oxygens (including phenoxy) is 1. The number of Topliss-reactive ketones (excluding diaryl/α,β-unsaturated/α-hetero) is 1. The van der Waals surface area contributed by atoms with E-state index in [0.29, 0.717) is 29.4 Å². The largest absolute Gasteiger partial charge is 0.507 e. The Morgan fingerprint density at radius 3 is 2.56 bits per heavy atom. The number of hydrogen-bond donors (Lipinski definition) is 2. The molecule has 1 unspecified atom stereocenters. The first-order valence-corrected chi connectivity index (χ1v) is 10.2. The molecule has 0 saturated carbocycles. The molecule has 0 aliphatic carbocycles. The van der Waals surface area contributed by atoms with Gasteiger partial charge >= 0.3 is 0 Å². The van der Waals surface area contributed by atoms with E-state index in [2.05, 4.69) is 0 Å². The Labute approximate surface area is 185 Å². The molecule has 1 atom stereocenters. The molecule has 1 aliphatic rings. The van der Waals surface area contributed by atoms with Crippen molar-refractivity contribution >= 4 is 23.1 Å². The van der Waals surface area contributed by atoms with Crippen LogP contribution in [0.5, 0.6) is 11.5 Å². The quantitative estimate of drug-likeness (QED) is 0.346. The Morgan fingerprint density at radius 2 is 1.88 bits per heavy atom. The lowest BCUT2D eigenvalue weighted by Crippen LogP contribution is -2.29. The van der Waals surface area contributed by atoms with Gasteiger partial charge in [-0.15, -0.1) is 0 Å². The van der Waals surface area contributed by atoms with Crippen molar-refractivity contribution in [1.82, 2.24) is 0 Å². The van der Waals surface area contributed by atoms with Crippen LogP contribution in [0.25, 0.3) is 5.76 Å². The summed E-state index contributed by atoms with van der Waals surface area (Å²) in [5.74, 6) is -0.852. The summed E-state index contributed by atoms with van der Waals surface area (Å²) < 4.78 is 11.3. The number of aliphatic hydroxyl groups is 1. The van der Waals surface area contributed by atoms with Crippen LogP contribution in [0.2, 0.25) is 0 Å². The summed E-state index contributed by atoms with van der Waals surface area (Å²) in [6.45, 7) is 5.83. The molecule has 0 radical (unpaired) electrons. The van der Waals surface area contributed by atoms with Crippen LogP contribution in [0.1, 0.15) is 35.6 Å². The predicted octanol–water partition coefficient (Wildman–Crippen LogP) is 4.63. The first-order chi connectivity index (χ1) is 15.3. The third-order valence-corrected chi connectivity index (χ3v) is 5.28. The Bertz CT molecular complexity index is 1240. The van der Waals surface area contributed by atoms with E-state index in [1.54, 1.807) is 55.5 Å². The highest BCUT2D eigenvalue weighted by molar-refractivity contribution is 6.51. The minimum Gasteiger partial charge on any atom is -0.507 e. The molecule has 7 heteroatoms. The van der Waals surface area contributed by atoms with Crippen molar-refractivity contribution in [3.8, 4) is 11.5 Å². The van der Waals surface area contributed by atoms with Crippen LogP contribution in [0, 0.1) is 13.8 Å². The van der Waals surface area contributed by atoms with E-state index in [4.69, 9.17) is 9.15 Å². The molecule has 164 valence electrons. The summed E-state index contributed by atoms with van der Waals surface area (Å²) >= 11 is 0. The number of aromatic hydroxyl groups is 1. The van der Waals surface area contributed by atoms with E-state index < -0.39 is 17.7 Å². The third-order valence-electron chi connectivity index (χ3n) is 5.28. The molecule has 32 heavy (non-hydrogen) atoms. The van der Waals surface area contributed by atoms with Gasteiger partial charge in [0, 0.05) is 5.56 Å². The average molecular weight is 433 g/mol. The van der Waals surface area contributed by atoms with Crippen LogP contribution in [0.3, 0.4) is 0 Å². The molecule has 1 fully saturated rings. The number of aliphatic hydroxyl groups excluding tert-OH is 1. The second kappa shape index (κ2) is 8.26. The van der Waals surface area contributed by atoms with E-state index in [0.717, 1.165) is 5.56 Å². The van der Waals surface area contributed by atoms with Crippen molar-refractivity contribution in [2.75, 3.05) is 11.5 Å². The molecular weight excluding hydrogens is 410 g/mol. The van der Waals surface area contributed by atoms with Crippen molar-refractivity contribution in [2.45, 2.75) is 26.8 Å². The fourth-order valence-electron chi connectivity index (χ4n) is 3.83. The summed E-state index contributed by atoms with van der Waals surface area (Å²) in [6, 6.07) is 13.7. The summed E-state index contributed by atoms with van der Waals surface area (Å²) in [5, 5.41) is 21.6. The highest BCUT2D eigenvalue weighted by Crippen LogP contribution is 2.45. The number of amides is 1. The van der Waals surface area contributed by atoms with Crippen LogP contribution in [-0.2, 0) is 9.59 Å². The van der Waals surface area contributed by atoms with Gasteiger partial charge in [-0.2, -0.15) is 0 Å². The van der Waals surface area contributed by atoms with Crippen molar-refractivity contribution in [3.05, 3.63) is 82.8 Å². The van der Waals surface area contributed by atoms with Crippen LogP contribution in [0.15, 0.2) is 64.6 Å². The first-order valence-electron chi connectivity index (χ1n) is 10.2. The molecular formula is C25H23NO6. The molecule has 2 heterocycles. The maximum absolute atomic E-state index is 13.1. The molecule has 4 rings (SSSR count). The number of phenolic OH excluding ortho intramolecular Hbond substituents is 1. The predicted molar refractivity (Wildman–Crippen MR) is 119 cm³/mol. The number of carbonyl (C=O) groups is 2. The number of benzene rings is 2. The van der Waals surface area contributed by atoms with Gasteiger partial charge in [-0.1, -0.05) is 18.2 Å². The number of furan rings is 1. The molecule has 2 aromatic carbocycles. The topological polar surface area (TPSA) is 100 Å². The van der Waals surface area contributed by atoms with Gasteiger partial charge in [-0.3, -0.25) is 14.5 Å². The molecule has 1 amide bonds. The number of carbonyl (C=O) groups excluding carboxylic acids is 2. The molecule has 0 spiro atoms. The molecule has 2 N–H and O–H groups in total. The van der Waals surface area contributed by atoms with Crippen molar-refractivity contribution in [2.24, 2.45) is 0 Å². The summed E-state index contributed by atoms with van der Waals surface area (Å²) in [4.78, 5) is 27.4. The normalized spacial score (nSPS) is 17.7. The molecule has 1 aliphatic heterocycles. The highest BCUT2D eigenvalue weighted by Gasteiger charge is 2.49. The second-order valence-electron chi connectivity index (χ2n) is 7.57. The SMILES string of the molecule is CCOc1cccc(/C(O)=C2/C(=O)C(=O)N(c3cc(C)ccc3O)C2c2ccc(C)o2)c1. The molecule has 1 saturated heterocycles. The Morgan fingerprint density at radius 1 is 1.09 bits per heavy atom. The van der Waals surface area contributed by atoms with E-state index in [-0.39, 0.29) is 22.8 Å². The van der Waals surface area contributed by atoms with Gasteiger partial charge in [0.05, 0.1) is 17.9 Å². The van der Waals surface area contributed by atoms with E-state index >= 15 is 0 Å². The van der Waals surface area contributed by atoms with Gasteiger partial charge in [0.2, 0.25) is 0 Å². The molecule has 1 aromatic heterocycles. The zero-order valence-electron chi connectivity index (χ0n) is 18.0. The highest BCUT2D eigenvalue weighted by atomic mass is 16.5. The maximum Gasteiger partial charge on any atom is 0.300 e. The lowest BCUT2D eigenvalue weighted by atomic mass is 9.99. The zero-order chi connectivity index (χ0) is 23.0. The Balaban J connectivity index is 1.94. The first kappa shape index (κ1) is 21.2. The summed E-state index contributed by atoms with van der Waals surface area (Å²) in [6.07, 6.45) is 0. The molecule has 7 nitrogen and oxygen atoms in total. The number of rotatable bonds is 5. The Kier molecular flexibility index (Phi) is 5.48. The van der Waals surface area contributed by atoms with Gasteiger partial charge < -0.3 is 19.4 Å². The standard InChI is InChI=1S/C25H23NO6/c1-4-31-17-7-5-6-16(13-17)23(28)21-22(20-11-9-15(3)32-20)26(25(30)24(21)29)18-12-14(2)8-10-19(18)27/h5-13,22,27-28H,4H2,1-3H3/b23-21-. The van der Waals surface area contributed by atoms with Crippen LogP contribution >= 0.6 is 0 Å². The fourth-order valence-corrected chi connectivity index (χ4v) is 3.83. The van der Waals surface area contributed by atoms with E-state index in [1.165, 1.54) is 11.0 Å². The average Bonchev–Trinajstić information content (AvgIpc) is 3.31. The fraction of sp³-hybridized carbons (Fsp3) is 0.200. The lowest BCUT2D eigenvalue weighted by molar-refractivity contribution is -0.132. The maximum atomic E-state index is 13.1. The van der Waals surface area contributed by atoms with Crippen molar-refractivity contribution in [1.29, 1.82) is 0 Å². The van der Waals surface area contributed by atoms with Crippen LogP contribution < -0.4 is 9.64 Å². The number of ketones is 1. The van der Waals surface area contributed by atoms with Gasteiger partial charge in [-0.05, 0) is 62.7 Å². The zero-order valence-corrected chi connectivity index (χ0v) is 18.0. The molecule has 0 bridgehead atoms. The summed E-state index contributed by atoms with van der Waals surface area (Å²) in [7, 11) is 0. The smallest absolute Gasteiger partial charge is 0.300 e. The number of phenols is 1. The number of nitrogens with zero attached hydrogens (tertiary/aromatic N) is 1. The minimum atomic E-state index is -1.05. The molecule has 3 aromatic rings. The van der Waals surface area contributed by atoms with Crippen molar-refractivity contribution in [3.63, 3.8) is 0 Å². The number of hydrogen-bond acceptors (Lipinski definition) is 6. The van der Waals surface area contributed by atoms with E-state index in [1.807, 2.05) is 13.8 Å². The van der Waals surface area contributed by atoms with Gasteiger partial charge in [-0.25, -0.2) is 0 Å². The Hall–Kier alpha value is -4.00. The van der Waals surface area contributed by atoms with Gasteiger partial charge in [0.25, 0.3) is 11.7 Å². The number of aryl methyl sites for hydroxylation is 2.